The van der Waals surface area contributed by atoms with Gasteiger partial charge in [-0.15, -0.1) is 0 Å². The highest BCUT2D eigenvalue weighted by atomic mass is 16.5. The number of benzene rings is 1. The summed E-state index contributed by atoms with van der Waals surface area (Å²) in [6.07, 6.45) is 6.33. The van der Waals surface area contributed by atoms with Crippen molar-refractivity contribution in [2.45, 2.75) is 57.3 Å². The molecule has 142 valence electrons. The van der Waals surface area contributed by atoms with Crippen LogP contribution < -0.4 is 4.74 Å². The van der Waals surface area contributed by atoms with Crippen molar-refractivity contribution in [2.24, 2.45) is 0 Å². The Kier molecular flexibility index (Phi) is 5.75. The predicted molar refractivity (Wildman–Crippen MR) is 100 cm³/mol. The Hall–Kier alpha value is -1.59. The highest BCUT2D eigenvalue weighted by Crippen LogP contribution is 2.23. The van der Waals surface area contributed by atoms with Crippen molar-refractivity contribution in [3.05, 3.63) is 29.8 Å². The van der Waals surface area contributed by atoms with Crippen LogP contribution in [0.3, 0.4) is 0 Å². The van der Waals surface area contributed by atoms with Crippen LogP contribution in [0.25, 0.3) is 0 Å². The van der Waals surface area contributed by atoms with Crippen LogP contribution in [0, 0.1) is 0 Å². The van der Waals surface area contributed by atoms with Crippen molar-refractivity contribution in [3.8, 4) is 5.75 Å². The van der Waals surface area contributed by atoms with E-state index < -0.39 is 0 Å². The Morgan fingerprint density at radius 1 is 1.00 bits per heavy atom. The first kappa shape index (κ1) is 17.8. The van der Waals surface area contributed by atoms with Gasteiger partial charge in [0.25, 0.3) is 5.91 Å². The summed E-state index contributed by atoms with van der Waals surface area (Å²) >= 11 is 0. The summed E-state index contributed by atoms with van der Waals surface area (Å²) in [5.41, 5.74) is 1.36. The topological polar surface area (TPSA) is 42.0 Å². The normalized spacial score (nSPS) is 24.9. The fourth-order valence-corrected chi connectivity index (χ4v) is 4.23. The minimum absolute atomic E-state index is 0.173. The summed E-state index contributed by atoms with van der Waals surface area (Å²) in [4.78, 5) is 16.9. The van der Waals surface area contributed by atoms with E-state index in [2.05, 4.69) is 29.2 Å². The van der Waals surface area contributed by atoms with Crippen LogP contribution >= 0.6 is 0 Å². The Labute approximate surface area is 156 Å². The standard InChI is InChI=1S/C21H30N2O3/c24-21(20-4-3-15-25-20)23-13-9-19(10-14-23)26-18-7-5-17(6-8-18)16-22-11-1-2-12-22/h5-8,19-20H,1-4,9-16H2/t20-/m0/s1. The van der Waals surface area contributed by atoms with Crippen molar-refractivity contribution < 1.29 is 14.3 Å². The molecule has 3 aliphatic rings. The molecule has 1 aromatic rings. The maximum absolute atomic E-state index is 12.4. The van der Waals surface area contributed by atoms with Gasteiger partial charge in [0.1, 0.15) is 18.0 Å². The second-order valence-electron chi connectivity index (χ2n) is 7.77. The minimum atomic E-state index is -0.199. The van der Waals surface area contributed by atoms with Crippen LogP contribution in [0.5, 0.6) is 5.75 Å². The molecular weight excluding hydrogens is 328 g/mol. The molecule has 0 N–H and O–H groups in total. The van der Waals surface area contributed by atoms with Gasteiger partial charge in [-0.3, -0.25) is 9.69 Å². The summed E-state index contributed by atoms with van der Waals surface area (Å²) in [6.45, 7) is 5.77. The zero-order valence-corrected chi connectivity index (χ0v) is 15.6. The van der Waals surface area contributed by atoms with Crippen LogP contribution in [0.1, 0.15) is 44.1 Å². The zero-order chi connectivity index (χ0) is 17.8. The molecule has 0 bridgehead atoms. The van der Waals surface area contributed by atoms with Gasteiger partial charge in [-0.1, -0.05) is 12.1 Å². The molecule has 3 fully saturated rings. The molecule has 5 nitrogen and oxygen atoms in total. The van der Waals surface area contributed by atoms with E-state index in [1.165, 1.54) is 31.5 Å². The smallest absolute Gasteiger partial charge is 0.251 e. The van der Waals surface area contributed by atoms with Crippen molar-refractivity contribution >= 4 is 5.91 Å². The highest BCUT2D eigenvalue weighted by Gasteiger charge is 2.31. The van der Waals surface area contributed by atoms with Gasteiger partial charge in [0.2, 0.25) is 0 Å². The summed E-state index contributed by atoms with van der Waals surface area (Å²) in [5, 5.41) is 0. The van der Waals surface area contributed by atoms with Crippen LogP contribution in [-0.4, -0.2) is 60.7 Å². The molecule has 0 aromatic heterocycles. The number of likely N-dealkylation sites (tertiary alicyclic amines) is 2. The van der Waals surface area contributed by atoms with Gasteiger partial charge in [-0.2, -0.15) is 0 Å². The fourth-order valence-electron chi connectivity index (χ4n) is 4.23. The van der Waals surface area contributed by atoms with E-state index in [4.69, 9.17) is 9.47 Å². The largest absolute Gasteiger partial charge is 0.490 e. The van der Waals surface area contributed by atoms with E-state index in [9.17, 15) is 4.79 Å². The molecule has 0 radical (unpaired) electrons. The lowest BCUT2D eigenvalue weighted by molar-refractivity contribution is -0.142. The average molecular weight is 358 g/mol. The predicted octanol–water partition coefficient (Wildman–Crippen LogP) is 2.83. The van der Waals surface area contributed by atoms with E-state index in [1.807, 2.05) is 4.90 Å². The van der Waals surface area contributed by atoms with E-state index >= 15 is 0 Å². The summed E-state index contributed by atoms with van der Waals surface area (Å²) < 4.78 is 11.7. The van der Waals surface area contributed by atoms with Crippen molar-refractivity contribution in [1.29, 1.82) is 0 Å². The molecule has 1 atom stereocenters. The number of hydrogen-bond acceptors (Lipinski definition) is 4. The van der Waals surface area contributed by atoms with Crippen LogP contribution in [0.2, 0.25) is 0 Å². The lowest BCUT2D eigenvalue weighted by Gasteiger charge is -2.33. The molecule has 0 unspecified atom stereocenters. The molecular formula is C21H30N2O3. The minimum Gasteiger partial charge on any atom is -0.490 e. The van der Waals surface area contributed by atoms with Gasteiger partial charge in [0, 0.05) is 39.1 Å². The Bertz CT molecular complexity index is 584. The molecule has 0 spiro atoms. The number of ether oxygens (including phenoxy) is 2. The summed E-state index contributed by atoms with van der Waals surface area (Å²) in [5.74, 6) is 1.12. The Morgan fingerprint density at radius 3 is 2.38 bits per heavy atom. The SMILES string of the molecule is O=C([C@@H]1CCCO1)N1CCC(Oc2ccc(CN3CCCC3)cc2)CC1. The molecule has 3 aliphatic heterocycles. The van der Waals surface area contributed by atoms with E-state index in [0.717, 1.165) is 57.7 Å². The molecule has 1 amide bonds. The van der Waals surface area contributed by atoms with Crippen LogP contribution in [0.15, 0.2) is 24.3 Å². The second-order valence-corrected chi connectivity index (χ2v) is 7.77. The van der Waals surface area contributed by atoms with E-state index in [0.29, 0.717) is 0 Å². The van der Waals surface area contributed by atoms with Gasteiger partial charge in [-0.25, -0.2) is 0 Å². The Balaban J connectivity index is 1.23. The third-order valence-electron chi connectivity index (χ3n) is 5.79. The van der Waals surface area contributed by atoms with Gasteiger partial charge < -0.3 is 14.4 Å². The lowest BCUT2D eigenvalue weighted by Crippen LogP contribution is -2.45. The molecule has 3 heterocycles. The monoisotopic (exact) mass is 358 g/mol. The number of hydrogen-bond donors (Lipinski definition) is 0. The number of carbonyl (C=O) groups excluding carboxylic acids is 1. The molecule has 0 aliphatic carbocycles. The van der Waals surface area contributed by atoms with Crippen LogP contribution in [0.4, 0.5) is 0 Å². The first-order chi connectivity index (χ1) is 12.8. The first-order valence-electron chi connectivity index (χ1n) is 10.2. The molecule has 0 saturated carbocycles. The molecule has 4 rings (SSSR count). The second kappa shape index (κ2) is 8.40. The molecule has 1 aromatic carbocycles. The highest BCUT2D eigenvalue weighted by molar-refractivity contribution is 5.81. The number of amides is 1. The van der Waals surface area contributed by atoms with Gasteiger partial charge in [0.15, 0.2) is 0 Å². The van der Waals surface area contributed by atoms with E-state index in [1.54, 1.807) is 0 Å². The maximum Gasteiger partial charge on any atom is 0.251 e. The third kappa shape index (κ3) is 4.38. The fraction of sp³-hybridized carbons (Fsp3) is 0.667. The number of rotatable bonds is 5. The van der Waals surface area contributed by atoms with Crippen molar-refractivity contribution in [2.75, 3.05) is 32.8 Å². The van der Waals surface area contributed by atoms with Gasteiger partial charge in [0.05, 0.1) is 0 Å². The molecule has 26 heavy (non-hydrogen) atoms. The van der Waals surface area contributed by atoms with Crippen molar-refractivity contribution in [3.63, 3.8) is 0 Å². The molecule has 3 saturated heterocycles. The average Bonchev–Trinajstić information content (AvgIpc) is 3.37. The van der Waals surface area contributed by atoms with Crippen LogP contribution in [-0.2, 0) is 16.1 Å². The quantitative estimate of drug-likeness (QED) is 0.812. The number of carbonyl (C=O) groups is 1. The summed E-state index contributed by atoms with van der Waals surface area (Å²) in [7, 11) is 0. The zero-order valence-electron chi connectivity index (χ0n) is 15.6. The number of nitrogens with zero attached hydrogens (tertiary/aromatic N) is 2. The summed E-state index contributed by atoms with van der Waals surface area (Å²) in [6, 6.07) is 8.55. The third-order valence-corrected chi connectivity index (χ3v) is 5.79. The number of piperidine rings is 1. The lowest BCUT2D eigenvalue weighted by atomic mass is 10.1. The first-order valence-corrected chi connectivity index (χ1v) is 10.2. The van der Waals surface area contributed by atoms with Crippen molar-refractivity contribution in [1.82, 2.24) is 9.80 Å². The van der Waals surface area contributed by atoms with Gasteiger partial charge in [-0.05, 0) is 56.5 Å². The molecule has 5 heteroatoms. The van der Waals surface area contributed by atoms with E-state index in [-0.39, 0.29) is 18.1 Å². The van der Waals surface area contributed by atoms with Gasteiger partial charge >= 0.3 is 0 Å². The maximum atomic E-state index is 12.4. The Morgan fingerprint density at radius 2 is 1.73 bits per heavy atom.